The highest BCUT2D eigenvalue weighted by Gasteiger charge is 2.27. The van der Waals surface area contributed by atoms with E-state index in [1.807, 2.05) is 32.0 Å². The summed E-state index contributed by atoms with van der Waals surface area (Å²) < 4.78 is 25.0. The molecule has 0 bridgehead atoms. The summed E-state index contributed by atoms with van der Waals surface area (Å²) in [4.78, 5) is 15.7. The number of nitrogens with two attached hydrogens (primary N) is 1. The summed E-state index contributed by atoms with van der Waals surface area (Å²) in [6, 6.07) is 5.58. The van der Waals surface area contributed by atoms with Crippen molar-refractivity contribution in [2.24, 2.45) is 5.92 Å². The number of nitrogens with zero attached hydrogens (tertiary/aromatic N) is 4. The minimum absolute atomic E-state index is 0.159. The molecule has 4 heterocycles. The van der Waals surface area contributed by atoms with Crippen LogP contribution in [0.5, 0.6) is 0 Å². The first-order valence-electron chi connectivity index (χ1n) is 9.93. The van der Waals surface area contributed by atoms with Crippen molar-refractivity contribution in [1.29, 1.82) is 0 Å². The van der Waals surface area contributed by atoms with Gasteiger partial charge in [-0.2, -0.15) is 0 Å². The Labute approximate surface area is 176 Å². The number of aliphatic hydroxyl groups is 1. The second-order valence-electron chi connectivity index (χ2n) is 7.71. The standard InChI is InChI=1S/C11H9N5.C9H19NO3S/c12-10-7(2-1-4-13-10)9-6-15-11-8(16-9)3-5-14-11;1-8(2)7-14(12,13)10-5-3-9(11)4-6-10/h1-6H,(H2,12,13)(H,14,15);8-9,11H,3-7H2,1-2H3. The van der Waals surface area contributed by atoms with Crippen molar-refractivity contribution in [1.82, 2.24) is 24.2 Å². The Kier molecular flexibility index (Phi) is 7.01. The summed E-state index contributed by atoms with van der Waals surface area (Å²) in [6.07, 6.45) is 5.96. The van der Waals surface area contributed by atoms with E-state index in [0.717, 1.165) is 22.4 Å². The Morgan fingerprint density at radius 2 is 2.00 bits per heavy atom. The van der Waals surface area contributed by atoms with Crippen LogP contribution in [0, 0.1) is 5.92 Å². The molecule has 10 heteroatoms. The zero-order chi connectivity index (χ0) is 21.7. The van der Waals surface area contributed by atoms with Crippen molar-refractivity contribution in [3.05, 3.63) is 36.8 Å². The fraction of sp³-hybridized carbons (Fsp3) is 0.450. The van der Waals surface area contributed by atoms with Crippen molar-refractivity contribution < 1.29 is 13.5 Å². The first-order chi connectivity index (χ1) is 14.3. The molecule has 0 saturated carbocycles. The molecule has 0 aliphatic carbocycles. The Bertz CT molecular complexity index is 1070. The molecule has 9 nitrogen and oxygen atoms in total. The molecule has 1 aliphatic heterocycles. The number of hydrogen-bond donors (Lipinski definition) is 3. The number of sulfonamides is 1. The molecule has 30 heavy (non-hydrogen) atoms. The minimum atomic E-state index is -3.08. The van der Waals surface area contributed by atoms with Crippen LogP contribution in [0.15, 0.2) is 36.8 Å². The molecule has 0 atom stereocenters. The van der Waals surface area contributed by atoms with Crippen LogP contribution >= 0.6 is 0 Å². The summed E-state index contributed by atoms with van der Waals surface area (Å²) in [5, 5.41) is 9.25. The third kappa shape index (κ3) is 5.53. The summed E-state index contributed by atoms with van der Waals surface area (Å²) in [5.74, 6) is 0.835. The number of pyridine rings is 1. The second kappa shape index (κ2) is 9.50. The predicted octanol–water partition coefficient (Wildman–Crippen LogP) is 2.03. The number of H-pyrrole nitrogens is 1. The quantitative estimate of drug-likeness (QED) is 0.573. The Morgan fingerprint density at radius 1 is 1.27 bits per heavy atom. The van der Waals surface area contributed by atoms with Gasteiger partial charge in [-0.25, -0.2) is 27.7 Å². The van der Waals surface area contributed by atoms with Crippen molar-refractivity contribution in [2.75, 3.05) is 24.6 Å². The van der Waals surface area contributed by atoms with Crippen molar-refractivity contribution in [3.63, 3.8) is 0 Å². The number of rotatable bonds is 4. The lowest BCUT2D eigenvalue weighted by Crippen LogP contribution is -2.41. The topological polar surface area (TPSA) is 138 Å². The van der Waals surface area contributed by atoms with Gasteiger partial charge in [0.05, 0.1) is 23.7 Å². The Balaban J connectivity index is 0.000000173. The van der Waals surface area contributed by atoms with E-state index in [4.69, 9.17) is 5.73 Å². The van der Waals surface area contributed by atoms with Gasteiger partial charge >= 0.3 is 0 Å². The molecule has 0 unspecified atom stereocenters. The van der Waals surface area contributed by atoms with E-state index in [-0.39, 0.29) is 17.8 Å². The number of hydrogen-bond acceptors (Lipinski definition) is 7. The first-order valence-corrected chi connectivity index (χ1v) is 11.5. The number of piperidine rings is 1. The molecule has 162 valence electrons. The highest BCUT2D eigenvalue weighted by molar-refractivity contribution is 7.89. The lowest BCUT2D eigenvalue weighted by Gasteiger charge is -2.29. The monoisotopic (exact) mass is 432 g/mol. The van der Waals surface area contributed by atoms with E-state index in [1.165, 1.54) is 4.31 Å². The third-order valence-electron chi connectivity index (χ3n) is 4.74. The number of aromatic amines is 1. The van der Waals surface area contributed by atoms with Crippen LogP contribution in [0.4, 0.5) is 5.82 Å². The van der Waals surface area contributed by atoms with Crippen LogP contribution < -0.4 is 5.73 Å². The Hall–Kier alpha value is -2.56. The normalized spacial score (nSPS) is 15.9. The van der Waals surface area contributed by atoms with Crippen LogP contribution in [-0.4, -0.2) is 62.7 Å². The molecule has 1 aliphatic rings. The van der Waals surface area contributed by atoms with Gasteiger partial charge in [0.2, 0.25) is 10.0 Å². The molecule has 4 N–H and O–H groups in total. The summed E-state index contributed by atoms with van der Waals surface area (Å²) in [5.41, 5.74) is 8.91. The fourth-order valence-corrected chi connectivity index (χ4v) is 5.06. The average molecular weight is 433 g/mol. The Morgan fingerprint density at radius 3 is 2.67 bits per heavy atom. The molecule has 1 fully saturated rings. The van der Waals surface area contributed by atoms with Crippen molar-refractivity contribution in [3.8, 4) is 11.3 Å². The van der Waals surface area contributed by atoms with Crippen LogP contribution in [0.2, 0.25) is 0 Å². The van der Waals surface area contributed by atoms with Crippen LogP contribution in [0.1, 0.15) is 26.7 Å². The molecule has 0 radical (unpaired) electrons. The lowest BCUT2D eigenvalue weighted by molar-refractivity contribution is 0.113. The minimum Gasteiger partial charge on any atom is -0.393 e. The molecular weight excluding hydrogens is 404 g/mol. The number of fused-ring (bicyclic) bond motifs is 1. The van der Waals surface area contributed by atoms with Gasteiger partial charge in [-0.15, -0.1) is 0 Å². The lowest BCUT2D eigenvalue weighted by atomic mass is 10.1. The number of aliphatic hydroxyl groups excluding tert-OH is 1. The van der Waals surface area contributed by atoms with Crippen LogP contribution in [0.3, 0.4) is 0 Å². The predicted molar refractivity (Wildman–Crippen MR) is 117 cm³/mol. The van der Waals surface area contributed by atoms with Gasteiger partial charge in [-0.1, -0.05) is 13.8 Å². The van der Waals surface area contributed by atoms with Gasteiger partial charge in [-0.05, 0) is 37.0 Å². The van der Waals surface area contributed by atoms with E-state index in [9.17, 15) is 13.5 Å². The van der Waals surface area contributed by atoms with Gasteiger partial charge in [0, 0.05) is 31.0 Å². The number of nitrogens with one attached hydrogen (secondary N) is 1. The zero-order valence-corrected chi connectivity index (χ0v) is 18.0. The highest BCUT2D eigenvalue weighted by atomic mass is 32.2. The van der Waals surface area contributed by atoms with Gasteiger partial charge < -0.3 is 15.8 Å². The van der Waals surface area contributed by atoms with E-state index in [1.54, 1.807) is 18.6 Å². The maximum absolute atomic E-state index is 11.7. The molecule has 0 spiro atoms. The molecular formula is C20H28N6O3S. The molecule has 3 aromatic heterocycles. The van der Waals surface area contributed by atoms with Gasteiger partial charge in [0.1, 0.15) is 11.3 Å². The largest absolute Gasteiger partial charge is 0.393 e. The molecule has 4 rings (SSSR count). The smallest absolute Gasteiger partial charge is 0.214 e. The van der Waals surface area contributed by atoms with E-state index in [0.29, 0.717) is 31.7 Å². The number of aromatic nitrogens is 4. The summed E-state index contributed by atoms with van der Waals surface area (Å²) in [7, 11) is -3.08. The molecule has 0 amide bonds. The van der Waals surface area contributed by atoms with Crippen LogP contribution in [-0.2, 0) is 10.0 Å². The fourth-order valence-electron chi connectivity index (χ4n) is 3.24. The third-order valence-corrected chi connectivity index (χ3v) is 6.98. The molecule has 0 aromatic carbocycles. The van der Waals surface area contributed by atoms with E-state index in [2.05, 4.69) is 19.9 Å². The average Bonchev–Trinajstić information content (AvgIpc) is 3.16. The number of nitrogen functional groups attached to an aromatic ring is 1. The number of anilines is 1. The summed E-state index contributed by atoms with van der Waals surface area (Å²) >= 11 is 0. The molecule has 3 aromatic rings. The maximum atomic E-state index is 11.7. The van der Waals surface area contributed by atoms with Crippen molar-refractivity contribution in [2.45, 2.75) is 32.8 Å². The van der Waals surface area contributed by atoms with Crippen molar-refractivity contribution >= 4 is 27.0 Å². The van der Waals surface area contributed by atoms with Gasteiger partial charge in [-0.3, -0.25) is 0 Å². The summed E-state index contributed by atoms with van der Waals surface area (Å²) in [6.45, 7) is 4.74. The van der Waals surface area contributed by atoms with E-state index < -0.39 is 10.0 Å². The molecule has 1 saturated heterocycles. The highest BCUT2D eigenvalue weighted by Crippen LogP contribution is 2.22. The maximum Gasteiger partial charge on any atom is 0.214 e. The van der Waals surface area contributed by atoms with Crippen LogP contribution in [0.25, 0.3) is 22.4 Å². The van der Waals surface area contributed by atoms with E-state index >= 15 is 0 Å². The zero-order valence-electron chi connectivity index (χ0n) is 17.2. The SMILES string of the molecule is CC(C)CS(=O)(=O)N1CCC(O)CC1.Nc1ncccc1-c1cnc2[nH]ccc2n1. The second-order valence-corrected chi connectivity index (χ2v) is 9.72. The van der Waals surface area contributed by atoms with Gasteiger partial charge in [0.15, 0.2) is 5.65 Å². The first kappa shape index (κ1) is 22.1. The van der Waals surface area contributed by atoms with Gasteiger partial charge in [0.25, 0.3) is 0 Å².